The van der Waals surface area contributed by atoms with Crippen LogP contribution in [0.4, 0.5) is 0 Å². The minimum atomic E-state index is 0.201. The van der Waals surface area contributed by atoms with Crippen LogP contribution < -0.4 is 10.6 Å². The first-order chi connectivity index (χ1) is 8.25. The second-order valence-electron chi connectivity index (χ2n) is 4.31. The molecule has 1 amide bonds. The first-order valence-corrected chi connectivity index (χ1v) is 7.65. The van der Waals surface area contributed by atoms with Crippen LogP contribution in [0.1, 0.15) is 30.6 Å². The van der Waals surface area contributed by atoms with E-state index in [1.165, 1.54) is 9.35 Å². The van der Waals surface area contributed by atoms with Crippen LogP contribution in [0.3, 0.4) is 0 Å². The Balaban J connectivity index is 1.51. The van der Waals surface area contributed by atoms with Gasteiger partial charge in [0.2, 0.25) is 5.91 Å². The number of carbonyl (C=O) groups excluding carboxylic acids is 1. The topological polar surface area (TPSA) is 41.1 Å². The molecule has 0 radical (unpaired) electrons. The lowest BCUT2D eigenvalue weighted by Crippen LogP contribution is -2.26. The lowest BCUT2D eigenvalue weighted by atomic mass is 10.3. The van der Waals surface area contributed by atoms with Gasteiger partial charge in [-0.15, -0.1) is 11.3 Å². The van der Waals surface area contributed by atoms with Crippen LogP contribution in [0.2, 0.25) is 0 Å². The summed E-state index contributed by atoms with van der Waals surface area (Å²) in [6, 6.07) is 2.54. The summed E-state index contributed by atoms with van der Waals surface area (Å²) in [4.78, 5) is 12.7. The van der Waals surface area contributed by atoms with E-state index in [9.17, 15) is 4.79 Å². The number of carbonyl (C=O) groups is 1. The molecule has 1 heterocycles. The van der Waals surface area contributed by atoms with Gasteiger partial charge in [0.05, 0.1) is 0 Å². The zero-order chi connectivity index (χ0) is 12.1. The van der Waals surface area contributed by atoms with Gasteiger partial charge in [0.15, 0.2) is 0 Å². The molecule has 1 fully saturated rings. The number of hydrogen-bond acceptors (Lipinski definition) is 3. The van der Waals surface area contributed by atoms with Crippen molar-refractivity contribution in [2.24, 2.45) is 0 Å². The molecule has 0 unspecified atom stereocenters. The molecule has 17 heavy (non-hydrogen) atoms. The number of hydrogen-bond donors (Lipinski definition) is 2. The molecule has 1 aliphatic carbocycles. The fourth-order valence-electron chi connectivity index (χ4n) is 1.55. The quantitative estimate of drug-likeness (QED) is 0.759. The molecular formula is C12H17BrN2OS. The maximum absolute atomic E-state index is 11.4. The molecular weight excluding hydrogens is 300 g/mol. The molecule has 0 saturated heterocycles. The van der Waals surface area contributed by atoms with Crippen molar-refractivity contribution in [3.8, 4) is 0 Å². The molecule has 2 rings (SSSR count). The van der Waals surface area contributed by atoms with Crippen LogP contribution in [0.15, 0.2) is 15.9 Å². The second kappa shape index (κ2) is 6.52. The largest absolute Gasteiger partial charge is 0.353 e. The lowest BCUT2D eigenvalue weighted by Gasteiger charge is -2.04. The van der Waals surface area contributed by atoms with E-state index in [1.54, 1.807) is 11.3 Å². The van der Waals surface area contributed by atoms with Crippen LogP contribution in [0, 0.1) is 0 Å². The smallest absolute Gasteiger partial charge is 0.220 e. The van der Waals surface area contributed by atoms with Gasteiger partial charge < -0.3 is 10.6 Å². The normalized spacial score (nSPS) is 14.9. The molecule has 1 aromatic rings. The summed E-state index contributed by atoms with van der Waals surface area (Å²) < 4.78 is 1.17. The van der Waals surface area contributed by atoms with Gasteiger partial charge >= 0.3 is 0 Å². The van der Waals surface area contributed by atoms with Gasteiger partial charge in [-0.3, -0.25) is 4.79 Å². The Hall–Kier alpha value is -0.390. The Labute approximate surface area is 114 Å². The lowest BCUT2D eigenvalue weighted by molar-refractivity contribution is -0.121. The molecule has 1 aliphatic rings. The Morgan fingerprint density at radius 2 is 2.35 bits per heavy atom. The van der Waals surface area contributed by atoms with Crippen molar-refractivity contribution >= 4 is 33.2 Å². The molecule has 0 spiro atoms. The van der Waals surface area contributed by atoms with Gasteiger partial charge in [-0.1, -0.05) is 0 Å². The van der Waals surface area contributed by atoms with Crippen LogP contribution in [0.25, 0.3) is 0 Å². The first kappa shape index (κ1) is 13.1. The van der Waals surface area contributed by atoms with E-state index in [4.69, 9.17) is 0 Å². The molecule has 5 heteroatoms. The van der Waals surface area contributed by atoms with Crippen LogP contribution >= 0.6 is 27.3 Å². The van der Waals surface area contributed by atoms with E-state index >= 15 is 0 Å². The summed E-state index contributed by atoms with van der Waals surface area (Å²) in [6.45, 7) is 1.77. The van der Waals surface area contributed by atoms with E-state index in [0.717, 1.165) is 32.4 Å². The number of nitrogens with one attached hydrogen (secondary N) is 2. The highest BCUT2D eigenvalue weighted by atomic mass is 79.9. The molecule has 0 bridgehead atoms. The van der Waals surface area contributed by atoms with Crippen LogP contribution in [-0.2, 0) is 11.3 Å². The van der Waals surface area contributed by atoms with Crippen molar-refractivity contribution in [3.05, 3.63) is 20.8 Å². The second-order valence-corrected chi connectivity index (χ2v) is 6.17. The standard InChI is InChI=1S/C12H17BrN2OS/c13-10-5-7-17-11(10)8-14-6-1-2-12(16)15-9-3-4-9/h5,7,9,14H,1-4,6,8H2,(H,15,16). The number of rotatable bonds is 7. The third-order valence-electron chi connectivity index (χ3n) is 2.68. The molecule has 1 aromatic heterocycles. The molecule has 0 aliphatic heterocycles. The van der Waals surface area contributed by atoms with Crippen molar-refractivity contribution in [2.45, 2.75) is 38.3 Å². The predicted octanol–water partition coefficient (Wildman–Crippen LogP) is 2.66. The van der Waals surface area contributed by atoms with Gasteiger partial charge in [0.1, 0.15) is 0 Å². The molecule has 94 valence electrons. The Morgan fingerprint density at radius 1 is 1.53 bits per heavy atom. The van der Waals surface area contributed by atoms with Crippen molar-refractivity contribution in [3.63, 3.8) is 0 Å². The fraction of sp³-hybridized carbons (Fsp3) is 0.583. The first-order valence-electron chi connectivity index (χ1n) is 5.97. The average molecular weight is 317 g/mol. The molecule has 2 N–H and O–H groups in total. The summed E-state index contributed by atoms with van der Waals surface area (Å²) >= 11 is 5.24. The Kier molecular flexibility index (Phi) is 5.00. The van der Waals surface area contributed by atoms with Crippen molar-refractivity contribution in [2.75, 3.05) is 6.54 Å². The van der Waals surface area contributed by atoms with E-state index in [1.807, 2.05) is 0 Å². The third kappa shape index (κ3) is 4.77. The third-order valence-corrected chi connectivity index (χ3v) is 4.60. The molecule has 0 atom stereocenters. The van der Waals surface area contributed by atoms with Gasteiger partial charge in [-0.2, -0.15) is 0 Å². The number of thiophene rings is 1. The van der Waals surface area contributed by atoms with Gasteiger partial charge in [0.25, 0.3) is 0 Å². The zero-order valence-electron chi connectivity index (χ0n) is 9.67. The van der Waals surface area contributed by atoms with E-state index in [-0.39, 0.29) is 5.91 Å². The molecule has 1 saturated carbocycles. The summed E-state index contributed by atoms with van der Waals surface area (Å²) in [7, 11) is 0. The maximum atomic E-state index is 11.4. The summed E-state index contributed by atoms with van der Waals surface area (Å²) in [5.41, 5.74) is 0. The molecule has 0 aromatic carbocycles. The van der Waals surface area contributed by atoms with Gasteiger partial charge in [-0.05, 0) is 53.2 Å². The van der Waals surface area contributed by atoms with E-state index < -0.39 is 0 Å². The van der Waals surface area contributed by atoms with Gasteiger partial charge in [-0.25, -0.2) is 0 Å². The van der Waals surface area contributed by atoms with Crippen molar-refractivity contribution < 1.29 is 4.79 Å². The number of amides is 1. The monoisotopic (exact) mass is 316 g/mol. The Bertz CT molecular complexity index is 376. The SMILES string of the molecule is O=C(CCCNCc1sccc1Br)NC1CC1. The van der Waals surface area contributed by atoms with Crippen LogP contribution in [-0.4, -0.2) is 18.5 Å². The maximum Gasteiger partial charge on any atom is 0.220 e. The van der Waals surface area contributed by atoms with Crippen LogP contribution in [0.5, 0.6) is 0 Å². The van der Waals surface area contributed by atoms with Gasteiger partial charge in [0, 0.05) is 28.4 Å². The summed E-state index contributed by atoms with van der Waals surface area (Å²) in [6.07, 6.45) is 3.86. The zero-order valence-corrected chi connectivity index (χ0v) is 12.1. The summed E-state index contributed by atoms with van der Waals surface area (Å²) in [5, 5.41) is 8.42. The van der Waals surface area contributed by atoms with E-state index in [0.29, 0.717) is 12.5 Å². The highest BCUT2D eigenvalue weighted by Gasteiger charge is 2.22. The minimum absolute atomic E-state index is 0.201. The summed E-state index contributed by atoms with van der Waals surface area (Å²) in [5.74, 6) is 0.201. The number of halogens is 1. The van der Waals surface area contributed by atoms with Crippen molar-refractivity contribution in [1.82, 2.24) is 10.6 Å². The van der Waals surface area contributed by atoms with Crippen molar-refractivity contribution in [1.29, 1.82) is 0 Å². The Morgan fingerprint density at radius 3 is 3.00 bits per heavy atom. The fourth-order valence-corrected chi connectivity index (χ4v) is 3.02. The highest BCUT2D eigenvalue weighted by molar-refractivity contribution is 9.10. The predicted molar refractivity (Wildman–Crippen MR) is 74.1 cm³/mol. The average Bonchev–Trinajstić information content (AvgIpc) is 3.01. The minimum Gasteiger partial charge on any atom is -0.353 e. The van der Waals surface area contributed by atoms with E-state index in [2.05, 4.69) is 38.0 Å². The highest BCUT2D eigenvalue weighted by Crippen LogP contribution is 2.22. The molecule has 3 nitrogen and oxygen atoms in total.